The van der Waals surface area contributed by atoms with Crippen molar-refractivity contribution in [1.29, 1.82) is 0 Å². The van der Waals surface area contributed by atoms with Gasteiger partial charge < -0.3 is 5.32 Å². The fourth-order valence-electron chi connectivity index (χ4n) is 1.95. The van der Waals surface area contributed by atoms with Gasteiger partial charge >= 0.3 is 0 Å². The van der Waals surface area contributed by atoms with Gasteiger partial charge in [-0.25, -0.2) is 4.98 Å². The van der Waals surface area contributed by atoms with Gasteiger partial charge in [-0.15, -0.1) is 11.3 Å². The van der Waals surface area contributed by atoms with Crippen LogP contribution in [0.3, 0.4) is 0 Å². The minimum absolute atomic E-state index is 0.0486. The van der Waals surface area contributed by atoms with E-state index in [1.807, 2.05) is 13.8 Å². The Morgan fingerprint density at radius 3 is 2.67 bits per heavy atom. The number of aryl methyl sites for hydroxylation is 3. The highest BCUT2D eigenvalue weighted by molar-refractivity contribution is 7.11. The highest BCUT2D eigenvalue weighted by atomic mass is 32.1. The SMILES string of the molecule is Cc1nc(C)c(CNC(=O)c2ccc(C)c([N+](=O)[O-])c2)s1. The largest absolute Gasteiger partial charge is 0.347 e. The number of nitrogens with one attached hydrogen (secondary N) is 1. The van der Waals surface area contributed by atoms with Crippen molar-refractivity contribution in [2.75, 3.05) is 0 Å². The van der Waals surface area contributed by atoms with Crippen molar-refractivity contribution in [3.63, 3.8) is 0 Å². The molecule has 21 heavy (non-hydrogen) atoms. The normalized spacial score (nSPS) is 10.4. The summed E-state index contributed by atoms with van der Waals surface area (Å²) in [6.07, 6.45) is 0. The first-order chi connectivity index (χ1) is 9.88. The lowest BCUT2D eigenvalue weighted by Crippen LogP contribution is -2.22. The number of hydrogen-bond donors (Lipinski definition) is 1. The van der Waals surface area contributed by atoms with Crippen molar-refractivity contribution < 1.29 is 9.72 Å². The van der Waals surface area contributed by atoms with E-state index in [2.05, 4.69) is 10.3 Å². The summed E-state index contributed by atoms with van der Waals surface area (Å²) in [5.74, 6) is -0.330. The molecule has 1 aromatic carbocycles. The molecule has 0 saturated carbocycles. The lowest BCUT2D eigenvalue weighted by molar-refractivity contribution is -0.385. The smallest absolute Gasteiger partial charge is 0.273 e. The monoisotopic (exact) mass is 305 g/mol. The van der Waals surface area contributed by atoms with Gasteiger partial charge in [0.05, 0.1) is 22.2 Å². The predicted molar refractivity (Wildman–Crippen MR) is 80.6 cm³/mol. The molecule has 2 rings (SSSR count). The van der Waals surface area contributed by atoms with Gasteiger partial charge in [-0.05, 0) is 26.8 Å². The Morgan fingerprint density at radius 1 is 1.38 bits per heavy atom. The van der Waals surface area contributed by atoms with E-state index in [0.29, 0.717) is 12.1 Å². The first kappa shape index (κ1) is 15.1. The molecule has 0 fully saturated rings. The van der Waals surface area contributed by atoms with E-state index in [4.69, 9.17) is 0 Å². The zero-order valence-electron chi connectivity index (χ0n) is 12.0. The summed E-state index contributed by atoms with van der Waals surface area (Å²) < 4.78 is 0. The van der Waals surface area contributed by atoms with Gasteiger partial charge in [0.1, 0.15) is 0 Å². The Morgan fingerprint density at radius 2 is 2.10 bits per heavy atom. The second-order valence-corrected chi connectivity index (χ2v) is 5.97. The van der Waals surface area contributed by atoms with Crippen LogP contribution in [0.15, 0.2) is 18.2 Å². The average Bonchev–Trinajstić information content (AvgIpc) is 2.74. The van der Waals surface area contributed by atoms with Crippen LogP contribution in [0.5, 0.6) is 0 Å². The van der Waals surface area contributed by atoms with E-state index in [-0.39, 0.29) is 17.2 Å². The minimum Gasteiger partial charge on any atom is -0.347 e. The number of carbonyl (C=O) groups excluding carboxylic acids is 1. The number of amides is 1. The quantitative estimate of drug-likeness (QED) is 0.695. The summed E-state index contributed by atoms with van der Waals surface area (Å²) in [6, 6.07) is 4.47. The third-order valence-electron chi connectivity index (χ3n) is 3.08. The van der Waals surface area contributed by atoms with E-state index in [1.165, 1.54) is 17.4 Å². The van der Waals surface area contributed by atoms with Gasteiger partial charge in [0.2, 0.25) is 0 Å². The molecule has 0 aliphatic rings. The van der Waals surface area contributed by atoms with Crippen molar-refractivity contribution >= 4 is 22.9 Å². The lowest BCUT2D eigenvalue weighted by Gasteiger charge is -2.05. The molecular weight excluding hydrogens is 290 g/mol. The maximum atomic E-state index is 12.1. The minimum atomic E-state index is -0.483. The van der Waals surface area contributed by atoms with Crippen LogP contribution < -0.4 is 5.32 Å². The van der Waals surface area contributed by atoms with Gasteiger partial charge in [-0.2, -0.15) is 0 Å². The molecule has 0 bridgehead atoms. The van der Waals surface area contributed by atoms with Crippen LogP contribution in [-0.4, -0.2) is 15.8 Å². The van der Waals surface area contributed by atoms with Crippen LogP contribution in [0.1, 0.15) is 31.5 Å². The third-order valence-corrected chi connectivity index (χ3v) is 4.15. The Labute approximate surface area is 126 Å². The number of thiazole rings is 1. The molecule has 1 aromatic heterocycles. The zero-order valence-corrected chi connectivity index (χ0v) is 12.8. The molecule has 0 aliphatic carbocycles. The number of rotatable bonds is 4. The summed E-state index contributed by atoms with van der Waals surface area (Å²) in [5.41, 5.74) is 1.66. The summed E-state index contributed by atoms with van der Waals surface area (Å²) in [5, 5.41) is 14.6. The molecule has 2 aromatic rings. The number of nitro benzene ring substituents is 1. The molecule has 0 aliphatic heterocycles. The number of benzene rings is 1. The molecule has 110 valence electrons. The van der Waals surface area contributed by atoms with Gasteiger partial charge in [0, 0.05) is 22.1 Å². The lowest BCUT2D eigenvalue weighted by atomic mass is 10.1. The molecule has 0 saturated heterocycles. The summed E-state index contributed by atoms with van der Waals surface area (Å²) in [7, 11) is 0. The van der Waals surface area contributed by atoms with Crippen LogP contribution in [0.25, 0.3) is 0 Å². The second kappa shape index (κ2) is 6.01. The molecule has 0 atom stereocenters. The number of nitro groups is 1. The maximum Gasteiger partial charge on any atom is 0.273 e. The first-order valence-corrected chi connectivity index (χ1v) is 7.16. The van der Waals surface area contributed by atoms with Crippen LogP contribution in [0.4, 0.5) is 5.69 Å². The average molecular weight is 305 g/mol. The fraction of sp³-hybridized carbons (Fsp3) is 0.286. The molecular formula is C14H15N3O3S. The molecule has 1 N–H and O–H groups in total. The van der Waals surface area contributed by atoms with E-state index in [0.717, 1.165) is 15.6 Å². The second-order valence-electron chi connectivity index (χ2n) is 4.68. The molecule has 7 heteroatoms. The Balaban J connectivity index is 2.12. The molecule has 0 radical (unpaired) electrons. The van der Waals surface area contributed by atoms with E-state index in [1.54, 1.807) is 19.1 Å². The Bertz CT molecular complexity index is 709. The van der Waals surface area contributed by atoms with E-state index in [9.17, 15) is 14.9 Å². The summed E-state index contributed by atoms with van der Waals surface area (Å²) in [4.78, 5) is 27.8. The van der Waals surface area contributed by atoms with Crippen molar-refractivity contribution in [2.45, 2.75) is 27.3 Å². The molecule has 0 spiro atoms. The van der Waals surface area contributed by atoms with Crippen LogP contribution >= 0.6 is 11.3 Å². The Hall–Kier alpha value is -2.28. The van der Waals surface area contributed by atoms with E-state index < -0.39 is 4.92 Å². The standard InChI is InChI=1S/C14H15N3O3S/c1-8-4-5-11(6-12(8)17(19)20)14(18)15-7-13-9(2)16-10(3)21-13/h4-6H,7H2,1-3H3,(H,15,18). The van der Waals surface area contributed by atoms with Crippen LogP contribution in [-0.2, 0) is 6.54 Å². The van der Waals surface area contributed by atoms with Crippen molar-refractivity contribution in [2.24, 2.45) is 0 Å². The molecule has 1 heterocycles. The summed E-state index contributed by atoms with van der Waals surface area (Å²) in [6.45, 7) is 5.81. The van der Waals surface area contributed by atoms with Crippen molar-refractivity contribution in [1.82, 2.24) is 10.3 Å². The van der Waals surface area contributed by atoms with Crippen molar-refractivity contribution in [3.8, 4) is 0 Å². The Kier molecular flexibility index (Phi) is 4.32. The number of hydrogen-bond acceptors (Lipinski definition) is 5. The predicted octanol–water partition coefficient (Wildman–Crippen LogP) is 2.91. The molecule has 0 unspecified atom stereocenters. The van der Waals surface area contributed by atoms with Crippen LogP contribution in [0.2, 0.25) is 0 Å². The zero-order chi connectivity index (χ0) is 15.6. The molecule has 1 amide bonds. The fourth-order valence-corrected chi connectivity index (χ4v) is 2.82. The van der Waals surface area contributed by atoms with Crippen molar-refractivity contribution in [3.05, 3.63) is 55.0 Å². The number of nitrogens with zero attached hydrogens (tertiary/aromatic N) is 2. The van der Waals surface area contributed by atoms with Gasteiger partial charge in [-0.3, -0.25) is 14.9 Å². The highest BCUT2D eigenvalue weighted by Crippen LogP contribution is 2.20. The van der Waals surface area contributed by atoms with Gasteiger partial charge in [0.15, 0.2) is 0 Å². The third kappa shape index (κ3) is 3.43. The first-order valence-electron chi connectivity index (χ1n) is 6.34. The van der Waals surface area contributed by atoms with E-state index >= 15 is 0 Å². The number of carbonyl (C=O) groups is 1. The van der Waals surface area contributed by atoms with Gasteiger partial charge in [-0.1, -0.05) is 6.07 Å². The highest BCUT2D eigenvalue weighted by Gasteiger charge is 2.15. The summed E-state index contributed by atoms with van der Waals surface area (Å²) >= 11 is 1.53. The van der Waals surface area contributed by atoms with Gasteiger partial charge in [0.25, 0.3) is 11.6 Å². The van der Waals surface area contributed by atoms with Crippen LogP contribution in [0, 0.1) is 30.9 Å². The maximum absolute atomic E-state index is 12.1. The number of aromatic nitrogens is 1. The molecule has 6 nitrogen and oxygen atoms in total. The topological polar surface area (TPSA) is 85.1 Å².